The van der Waals surface area contributed by atoms with Crippen LogP contribution in [0.5, 0.6) is 0 Å². The van der Waals surface area contributed by atoms with Crippen LogP contribution in [0.25, 0.3) is 6.08 Å². The highest BCUT2D eigenvalue weighted by molar-refractivity contribution is 5.91. The monoisotopic (exact) mass is 251 g/mol. The van der Waals surface area contributed by atoms with Crippen LogP contribution in [-0.4, -0.2) is 33.3 Å². The van der Waals surface area contributed by atoms with E-state index >= 15 is 0 Å². The molecule has 1 rings (SSSR count). The molecule has 0 radical (unpaired) electrons. The maximum Gasteiger partial charge on any atom is 0.310 e. The first-order chi connectivity index (χ1) is 8.33. The molecular formula is C12H17N3O3. The fourth-order valence-electron chi connectivity index (χ4n) is 1.15. The molecule has 6 heteroatoms. The van der Waals surface area contributed by atoms with Crippen LogP contribution in [0.1, 0.15) is 19.5 Å². The van der Waals surface area contributed by atoms with Crippen LogP contribution in [0.15, 0.2) is 18.3 Å². The number of carbonyl (C=O) groups is 2. The number of nitrogens with zero attached hydrogens (tertiary/aromatic N) is 2. The summed E-state index contributed by atoms with van der Waals surface area (Å²) in [6.45, 7) is 3.19. The van der Waals surface area contributed by atoms with Crippen molar-refractivity contribution in [1.82, 2.24) is 15.1 Å². The minimum absolute atomic E-state index is 0.0803. The van der Waals surface area contributed by atoms with Gasteiger partial charge in [-0.2, -0.15) is 5.10 Å². The third kappa shape index (κ3) is 3.73. The van der Waals surface area contributed by atoms with Crippen LogP contribution < -0.4 is 5.32 Å². The largest absolute Gasteiger partial charge is 0.481 e. The van der Waals surface area contributed by atoms with Crippen molar-refractivity contribution >= 4 is 18.0 Å². The highest BCUT2D eigenvalue weighted by Crippen LogP contribution is 2.12. The predicted octanol–water partition coefficient (Wildman–Crippen LogP) is 0.660. The van der Waals surface area contributed by atoms with Gasteiger partial charge in [-0.15, -0.1) is 0 Å². The van der Waals surface area contributed by atoms with Gasteiger partial charge in [0.25, 0.3) is 0 Å². The molecule has 1 aromatic rings. The van der Waals surface area contributed by atoms with E-state index in [0.29, 0.717) is 0 Å². The summed E-state index contributed by atoms with van der Waals surface area (Å²) >= 11 is 0. The first-order valence-corrected chi connectivity index (χ1v) is 5.50. The maximum atomic E-state index is 11.5. The molecule has 0 aromatic carbocycles. The van der Waals surface area contributed by atoms with Gasteiger partial charge in [0.2, 0.25) is 5.91 Å². The zero-order valence-electron chi connectivity index (χ0n) is 10.7. The number of aliphatic carboxylic acids is 1. The fourth-order valence-corrected chi connectivity index (χ4v) is 1.15. The molecule has 0 aliphatic carbocycles. The first-order valence-electron chi connectivity index (χ1n) is 5.50. The highest BCUT2D eigenvalue weighted by atomic mass is 16.4. The smallest absolute Gasteiger partial charge is 0.310 e. The number of carbonyl (C=O) groups excluding carboxylic acids is 1. The molecule has 0 aliphatic rings. The Kier molecular flexibility index (Phi) is 4.25. The van der Waals surface area contributed by atoms with E-state index in [1.165, 1.54) is 6.08 Å². The SMILES string of the molecule is Cn1nccc1/C=C/C(=O)NCC(C)(C)C(=O)O. The number of hydrogen-bond acceptors (Lipinski definition) is 3. The van der Waals surface area contributed by atoms with Crippen molar-refractivity contribution < 1.29 is 14.7 Å². The van der Waals surface area contributed by atoms with Crippen molar-refractivity contribution in [3.8, 4) is 0 Å². The molecule has 0 saturated carbocycles. The zero-order chi connectivity index (χ0) is 13.8. The van der Waals surface area contributed by atoms with Crippen LogP contribution >= 0.6 is 0 Å². The van der Waals surface area contributed by atoms with Gasteiger partial charge in [-0.1, -0.05) is 0 Å². The second-order valence-corrected chi connectivity index (χ2v) is 4.62. The van der Waals surface area contributed by atoms with E-state index in [2.05, 4.69) is 10.4 Å². The molecule has 98 valence electrons. The van der Waals surface area contributed by atoms with Gasteiger partial charge >= 0.3 is 5.97 Å². The fraction of sp³-hybridized carbons (Fsp3) is 0.417. The second-order valence-electron chi connectivity index (χ2n) is 4.62. The number of carboxylic acid groups (broad SMARTS) is 1. The second kappa shape index (κ2) is 5.48. The zero-order valence-corrected chi connectivity index (χ0v) is 10.7. The van der Waals surface area contributed by atoms with Gasteiger partial charge in [-0.25, -0.2) is 0 Å². The summed E-state index contributed by atoms with van der Waals surface area (Å²) in [5.74, 6) is -1.27. The summed E-state index contributed by atoms with van der Waals surface area (Å²) in [5, 5.41) is 15.4. The molecule has 0 fully saturated rings. The maximum absolute atomic E-state index is 11.5. The molecule has 1 heterocycles. The van der Waals surface area contributed by atoms with E-state index in [-0.39, 0.29) is 12.5 Å². The van der Waals surface area contributed by atoms with Crippen molar-refractivity contribution in [3.63, 3.8) is 0 Å². The lowest BCUT2D eigenvalue weighted by Crippen LogP contribution is -2.38. The molecule has 0 unspecified atom stereocenters. The van der Waals surface area contributed by atoms with Gasteiger partial charge in [0.05, 0.1) is 11.1 Å². The molecule has 1 aromatic heterocycles. The Balaban J connectivity index is 2.51. The average Bonchev–Trinajstić information content (AvgIpc) is 2.69. The minimum atomic E-state index is -0.976. The van der Waals surface area contributed by atoms with Crippen molar-refractivity contribution in [2.45, 2.75) is 13.8 Å². The van der Waals surface area contributed by atoms with Gasteiger partial charge in [-0.05, 0) is 26.0 Å². The number of aryl methyl sites for hydroxylation is 1. The van der Waals surface area contributed by atoms with E-state index in [1.54, 1.807) is 43.9 Å². The lowest BCUT2D eigenvalue weighted by Gasteiger charge is -2.18. The molecular weight excluding hydrogens is 234 g/mol. The van der Waals surface area contributed by atoms with Gasteiger partial charge in [0.15, 0.2) is 0 Å². The Morgan fingerprint density at radius 2 is 2.22 bits per heavy atom. The molecule has 1 amide bonds. The Labute approximate surface area is 105 Å². The number of amides is 1. The minimum Gasteiger partial charge on any atom is -0.481 e. The number of hydrogen-bond donors (Lipinski definition) is 2. The standard InChI is InChI=1S/C12H17N3O3/c1-12(2,11(17)18)8-13-10(16)5-4-9-6-7-14-15(9)3/h4-7H,8H2,1-3H3,(H,13,16)(H,17,18)/b5-4+. The Morgan fingerprint density at radius 3 is 2.72 bits per heavy atom. The number of rotatable bonds is 5. The van der Waals surface area contributed by atoms with Crippen LogP contribution in [-0.2, 0) is 16.6 Å². The summed E-state index contributed by atoms with van der Waals surface area (Å²) in [7, 11) is 1.77. The third-order valence-electron chi connectivity index (χ3n) is 2.55. The lowest BCUT2D eigenvalue weighted by atomic mass is 9.94. The highest BCUT2D eigenvalue weighted by Gasteiger charge is 2.27. The molecule has 6 nitrogen and oxygen atoms in total. The van der Waals surface area contributed by atoms with Gasteiger partial charge < -0.3 is 10.4 Å². The van der Waals surface area contributed by atoms with E-state index < -0.39 is 11.4 Å². The topological polar surface area (TPSA) is 84.2 Å². The van der Waals surface area contributed by atoms with Crippen molar-refractivity contribution in [1.29, 1.82) is 0 Å². The molecule has 2 N–H and O–H groups in total. The lowest BCUT2D eigenvalue weighted by molar-refractivity contribution is -0.146. The predicted molar refractivity (Wildman–Crippen MR) is 66.7 cm³/mol. The van der Waals surface area contributed by atoms with Crippen molar-refractivity contribution in [3.05, 3.63) is 24.0 Å². The summed E-state index contributed by atoms with van der Waals surface area (Å²) in [6, 6.07) is 1.77. The molecule has 0 aliphatic heterocycles. The Morgan fingerprint density at radius 1 is 1.56 bits per heavy atom. The van der Waals surface area contributed by atoms with E-state index in [0.717, 1.165) is 5.69 Å². The first kappa shape index (κ1) is 14.0. The molecule has 0 saturated heterocycles. The van der Waals surface area contributed by atoms with Crippen molar-refractivity contribution in [2.75, 3.05) is 6.54 Å². The van der Waals surface area contributed by atoms with E-state index in [1.807, 2.05) is 0 Å². The van der Waals surface area contributed by atoms with E-state index in [9.17, 15) is 9.59 Å². The quantitative estimate of drug-likeness (QED) is 0.753. The number of nitrogens with one attached hydrogen (secondary N) is 1. The van der Waals surface area contributed by atoms with Gasteiger partial charge in [0.1, 0.15) is 0 Å². The van der Waals surface area contributed by atoms with Crippen LogP contribution in [0.4, 0.5) is 0 Å². The Hall–Kier alpha value is -2.11. The van der Waals surface area contributed by atoms with Gasteiger partial charge in [0, 0.05) is 25.9 Å². The number of aromatic nitrogens is 2. The van der Waals surface area contributed by atoms with Crippen LogP contribution in [0.2, 0.25) is 0 Å². The summed E-state index contributed by atoms with van der Waals surface area (Å²) in [5.41, 5.74) is -0.182. The summed E-state index contributed by atoms with van der Waals surface area (Å²) < 4.78 is 1.63. The van der Waals surface area contributed by atoms with Gasteiger partial charge in [-0.3, -0.25) is 14.3 Å². The van der Waals surface area contributed by atoms with Crippen LogP contribution in [0.3, 0.4) is 0 Å². The summed E-state index contributed by atoms with van der Waals surface area (Å²) in [6.07, 6.45) is 4.61. The van der Waals surface area contributed by atoms with E-state index in [4.69, 9.17) is 5.11 Å². The number of carboxylic acids is 1. The molecule has 0 bridgehead atoms. The Bertz CT molecular complexity index is 475. The average molecular weight is 251 g/mol. The summed E-state index contributed by atoms with van der Waals surface area (Å²) in [4.78, 5) is 22.3. The molecule has 0 spiro atoms. The normalized spacial score (nSPS) is 11.7. The molecule has 18 heavy (non-hydrogen) atoms. The van der Waals surface area contributed by atoms with Crippen LogP contribution in [0, 0.1) is 5.41 Å². The molecule has 0 atom stereocenters. The third-order valence-corrected chi connectivity index (χ3v) is 2.55. The van der Waals surface area contributed by atoms with Crippen molar-refractivity contribution in [2.24, 2.45) is 12.5 Å².